The fraction of sp³-hybridized carbons (Fsp3) is 0.182. The van der Waals surface area contributed by atoms with Crippen LogP contribution < -0.4 is 0 Å². The van der Waals surface area contributed by atoms with Crippen molar-refractivity contribution in [2.45, 2.75) is 19.9 Å². The first kappa shape index (κ1) is 12.4. The number of thiazole rings is 1. The van der Waals surface area contributed by atoms with Crippen LogP contribution in [-0.2, 0) is 0 Å². The van der Waals surface area contributed by atoms with Gasteiger partial charge in [-0.15, -0.1) is 21.5 Å². The van der Waals surface area contributed by atoms with Crippen molar-refractivity contribution in [1.82, 2.24) is 15.2 Å². The van der Waals surface area contributed by atoms with E-state index < -0.39 is 0 Å². The van der Waals surface area contributed by atoms with Crippen LogP contribution in [0.1, 0.15) is 6.92 Å². The topological polar surface area (TPSA) is 38.7 Å². The maximum absolute atomic E-state index is 4.58. The van der Waals surface area contributed by atoms with Gasteiger partial charge in [-0.1, -0.05) is 42.2 Å². The largest absolute Gasteiger partial charge is 0.229 e. The molecule has 0 bridgehead atoms. The van der Waals surface area contributed by atoms with E-state index in [1.807, 2.05) is 18.2 Å². The van der Waals surface area contributed by atoms with Crippen LogP contribution in [0, 0.1) is 0 Å². The number of para-hydroxylation sites is 1. The lowest BCUT2D eigenvalue weighted by molar-refractivity contribution is 0.954. The predicted octanol–water partition coefficient (Wildman–Crippen LogP) is 4.41. The van der Waals surface area contributed by atoms with Gasteiger partial charge in [0.05, 0.1) is 10.2 Å². The molecular formula is C11H9N3S4. The van der Waals surface area contributed by atoms with Crippen LogP contribution in [0.15, 0.2) is 37.3 Å². The molecule has 7 heteroatoms. The van der Waals surface area contributed by atoms with E-state index in [2.05, 4.69) is 28.2 Å². The van der Waals surface area contributed by atoms with E-state index in [0.717, 1.165) is 24.3 Å². The zero-order valence-electron chi connectivity index (χ0n) is 9.49. The van der Waals surface area contributed by atoms with Crippen LogP contribution in [0.3, 0.4) is 0 Å². The van der Waals surface area contributed by atoms with Gasteiger partial charge in [0.2, 0.25) is 0 Å². The summed E-state index contributed by atoms with van der Waals surface area (Å²) in [6, 6.07) is 8.18. The number of hydrogen-bond acceptors (Lipinski definition) is 7. The molecule has 0 N–H and O–H groups in total. The highest BCUT2D eigenvalue weighted by molar-refractivity contribution is 8.04. The van der Waals surface area contributed by atoms with E-state index >= 15 is 0 Å². The highest BCUT2D eigenvalue weighted by Crippen LogP contribution is 2.37. The lowest BCUT2D eigenvalue weighted by Crippen LogP contribution is -1.72. The molecule has 0 amide bonds. The van der Waals surface area contributed by atoms with Gasteiger partial charge in [-0.25, -0.2) is 4.98 Å². The third kappa shape index (κ3) is 2.69. The summed E-state index contributed by atoms with van der Waals surface area (Å²) in [6.07, 6.45) is 0. The second-order valence-corrected chi connectivity index (χ2v) is 8.33. The number of thioether (sulfide) groups is 1. The number of hydrogen-bond donors (Lipinski definition) is 0. The predicted molar refractivity (Wildman–Crippen MR) is 80.1 cm³/mol. The Labute approximate surface area is 121 Å². The Bertz CT molecular complexity index is 628. The van der Waals surface area contributed by atoms with Gasteiger partial charge in [-0.2, -0.15) is 0 Å². The van der Waals surface area contributed by atoms with E-state index in [4.69, 9.17) is 0 Å². The second kappa shape index (κ2) is 5.56. The maximum Gasteiger partial charge on any atom is 0.182 e. The molecule has 18 heavy (non-hydrogen) atoms. The Morgan fingerprint density at radius 2 is 1.89 bits per heavy atom. The first-order valence-electron chi connectivity index (χ1n) is 5.35. The molecule has 0 fully saturated rings. The SMILES string of the molecule is CCSc1nnc(Sc2nc3ccccc3s2)s1. The van der Waals surface area contributed by atoms with Gasteiger partial charge in [0.25, 0.3) is 0 Å². The average Bonchev–Trinajstić information content (AvgIpc) is 2.96. The number of rotatable bonds is 4. The molecule has 0 radical (unpaired) electrons. The molecule has 0 atom stereocenters. The summed E-state index contributed by atoms with van der Waals surface area (Å²) in [4.78, 5) is 4.58. The quantitative estimate of drug-likeness (QED) is 0.667. The molecule has 3 rings (SSSR count). The minimum absolute atomic E-state index is 0.963. The van der Waals surface area contributed by atoms with Gasteiger partial charge in [0.15, 0.2) is 13.0 Å². The summed E-state index contributed by atoms with van der Waals surface area (Å²) in [5, 5.41) is 8.32. The van der Waals surface area contributed by atoms with Gasteiger partial charge in [0, 0.05) is 0 Å². The van der Waals surface area contributed by atoms with Gasteiger partial charge in [-0.3, -0.25) is 0 Å². The van der Waals surface area contributed by atoms with Crippen LogP contribution >= 0.6 is 46.2 Å². The molecular weight excluding hydrogens is 302 g/mol. The van der Waals surface area contributed by atoms with E-state index in [1.165, 1.54) is 4.70 Å². The normalized spacial score (nSPS) is 11.2. The van der Waals surface area contributed by atoms with Crippen LogP contribution in [-0.4, -0.2) is 20.9 Å². The molecule has 0 spiro atoms. The van der Waals surface area contributed by atoms with Crippen molar-refractivity contribution in [2.24, 2.45) is 0 Å². The monoisotopic (exact) mass is 311 g/mol. The molecule has 2 heterocycles. The molecule has 0 saturated heterocycles. The smallest absolute Gasteiger partial charge is 0.182 e. The number of benzene rings is 1. The van der Waals surface area contributed by atoms with E-state index in [0.29, 0.717) is 0 Å². The Morgan fingerprint density at radius 1 is 1.06 bits per heavy atom. The standard InChI is InChI=1S/C11H9N3S4/c1-2-15-10-13-14-11(18-10)17-9-12-7-5-3-4-6-8(7)16-9/h3-6H,2H2,1H3. The number of aromatic nitrogens is 3. The summed E-state index contributed by atoms with van der Waals surface area (Å²) in [6.45, 7) is 2.12. The first-order valence-corrected chi connectivity index (χ1v) is 8.78. The lowest BCUT2D eigenvalue weighted by Gasteiger charge is -1.87. The summed E-state index contributed by atoms with van der Waals surface area (Å²) >= 11 is 6.66. The fourth-order valence-corrected chi connectivity index (χ4v) is 5.58. The fourth-order valence-electron chi connectivity index (χ4n) is 1.39. The van der Waals surface area contributed by atoms with E-state index in [-0.39, 0.29) is 0 Å². The Hall–Kier alpha value is -0.630. The third-order valence-corrected chi connectivity index (χ3v) is 6.19. The van der Waals surface area contributed by atoms with Crippen LogP contribution in [0.2, 0.25) is 0 Å². The number of nitrogens with zero attached hydrogens (tertiary/aromatic N) is 3. The van der Waals surface area contributed by atoms with Crippen LogP contribution in [0.4, 0.5) is 0 Å². The van der Waals surface area contributed by atoms with Gasteiger partial charge >= 0.3 is 0 Å². The third-order valence-electron chi connectivity index (χ3n) is 2.10. The highest BCUT2D eigenvalue weighted by atomic mass is 32.2. The number of fused-ring (bicyclic) bond motifs is 1. The van der Waals surface area contributed by atoms with E-state index in [9.17, 15) is 0 Å². The zero-order chi connectivity index (χ0) is 12.4. The molecule has 2 aromatic heterocycles. The van der Waals surface area contributed by atoms with Gasteiger partial charge in [0.1, 0.15) is 0 Å². The molecule has 0 aliphatic rings. The first-order chi connectivity index (χ1) is 8.85. The molecule has 92 valence electrons. The van der Waals surface area contributed by atoms with Crippen molar-refractivity contribution in [3.05, 3.63) is 24.3 Å². The molecule has 0 unspecified atom stereocenters. The molecule has 0 aliphatic heterocycles. The van der Waals surface area contributed by atoms with Crippen LogP contribution in [0.5, 0.6) is 0 Å². The van der Waals surface area contributed by atoms with E-state index in [1.54, 1.807) is 46.2 Å². The van der Waals surface area contributed by atoms with Crippen molar-refractivity contribution in [1.29, 1.82) is 0 Å². The summed E-state index contributed by atoms with van der Waals surface area (Å²) in [7, 11) is 0. The van der Waals surface area contributed by atoms with Crippen molar-refractivity contribution in [3.8, 4) is 0 Å². The minimum atomic E-state index is 0.963. The Morgan fingerprint density at radius 3 is 2.72 bits per heavy atom. The maximum atomic E-state index is 4.58. The summed E-state index contributed by atoms with van der Waals surface area (Å²) in [5.41, 5.74) is 1.05. The minimum Gasteiger partial charge on any atom is -0.229 e. The molecule has 3 aromatic rings. The molecule has 0 saturated carbocycles. The summed E-state index contributed by atoms with van der Waals surface area (Å²) in [5.74, 6) is 1.03. The Kier molecular flexibility index (Phi) is 3.83. The van der Waals surface area contributed by atoms with Crippen molar-refractivity contribution in [2.75, 3.05) is 5.75 Å². The molecule has 0 aliphatic carbocycles. The molecule has 1 aromatic carbocycles. The van der Waals surface area contributed by atoms with Gasteiger partial charge < -0.3 is 0 Å². The second-order valence-electron chi connectivity index (χ2n) is 3.32. The van der Waals surface area contributed by atoms with Crippen LogP contribution in [0.25, 0.3) is 10.2 Å². The highest BCUT2D eigenvalue weighted by Gasteiger charge is 2.09. The van der Waals surface area contributed by atoms with Crippen molar-refractivity contribution < 1.29 is 0 Å². The zero-order valence-corrected chi connectivity index (χ0v) is 12.8. The van der Waals surface area contributed by atoms with Gasteiger partial charge in [-0.05, 0) is 29.6 Å². The Balaban J connectivity index is 1.82. The molecule has 3 nitrogen and oxygen atoms in total. The average molecular weight is 311 g/mol. The van der Waals surface area contributed by atoms with Crippen molar-refractivity contribution in [3.63, 3.8) is 0 Å². The van der Waals surface area contributed by atoms with Crippen molar-refractivity contribution >= 4 is 56.4 Å². The lowest BCUT2D eigenvalue weighted by atomic mass is 10.3. The summed E-state index contributed by atoms with van der Waals surface area (Å²) < 4.78 is 4.24.